The molecule has 0 spiro atoms. The van der Waals surface area contributed by atoms with Crippen molar-refractivity contribution in [2.45, 2.75) is 25.7 Å². The van der Waals surface area contributed by atoms with Crippen molar-refractivity contribution in [1.29, 1.82) is 0 Å². The molecule has 0 bridgehead atoms. The smallest absolute Gasteiger partial charge is 0.343 e. The second-order valence-electron chi connectivity index (χ2n) is 12.6. The molecule has 4 aromatic carbocycles. The van der Waals surface area contributed by atoms with Gasteiger partial charge in [-0.2, -0.15) is 0 Å². The van der Waals surface area contributed by atoms with Crippen molar-refractivity contribution in [3.05, 3.63) is 82.9 Å². The largest absolute Gasteiger partial charge is 0.493 e. The zero-order valence-corrected chi connectivity index (χ0v) is 33.0. The molecule has 0 aliphatic heterocycles. The summed E-state index contributed by atoms with van der Waals surface area (Å²) in [4.78, 5) is 26.4. The van der Waals surface area contributed by atoms with Crippen LogP contribution in [-0.2, 0) is 12.8 Å². The molecule has 0 radical (unpaired) electrons. The van der Waals surface area contributed by atoms with Gasteiger partial charge in [-0.05, 0) is 97.2 Å². The Morgan fingerprint density at radius 2 is 0.857 bits per heavy atom. The van der Waals surface area contributed by atoms with E-state index in [4.69, 9.17) is 47.4 Å². The van der Waals surface area contributed by atoms with Gasteiger partial charge >= 0.3 is 11.9 Å². The molecule has 0 unspecified atom stereocenters. The summed E-state index contributed by atoms with van der Waals surface area (Å²) < 4.78 is 54.8. The van der Waals surface area contributed by atoms with Gasteiger partial charge in [0.05, 0.1) is 68.0 Å². The molecule has 0 amide bonds. The van der Waals surface area contributed by atoms with Crippen molar-refractivity contribution >= 4 is 11.9 Å². The molecule has 302 valence electrons. The number of aliphatic hydroxyl groups excluding tert-OH is 2. The molecule has 2 atom stereocenters. The maximum absolute atomic E-state index is 13.2. The number of carbonyl (C=O) groups is 2. The van der Waals surface area contributed by atoms with Crippen LogP contribution in [0.5, 0.6) is 57.5 Å². The molecule has 0 saturated carbocycles. The van der Waals surface area contributed by atoms with Crippen LogP contribution in [0.2, 0.25) is 0 Å². The lowest BCUT2D eigenvalue weighted by Crippen LogP contribution is -2.24. The van der Waals surface area contributed by atoms with Gasteiger partial charge in [-0.1, -0.05) is 12.1 Å². The Balaban J connectivity index is 1.52. The zero-order valence-electron chi connectivity index (χ0n) is 33.0. The molecule has 0 aromatic heterocycles. The van der Waals surface area contributed by atoms with E-state index >= 15 is 0 Å². The van der Waals surface area contributed by atoms with E-state index in [1.807, 2.05) is 12.1 Å². The number of hydrogen-bond donors (Lipinski definition) is 2. The molecular formula is C42H50O14. The first-order chi connectivity index (χ1) is 27.1. The summed E-state index contributed by atoms with van der Waals surface area (Å²) in [6.45, 7) is -0.133. The molecule has 0 aliphatic rings. The quantitative estimate of drug-likeness (QED) is 0.0750. The number of carbonyl (C=O) groups excluding carboxylic acids is 2. The topological polar surface area (TPSA) is 167 Å². The lowest BCUT2D eigenvalue weighted by molar-refractivity contribution is 0.0719. The van der Waals surface area contributed by atoms with Crippen molar-refractivity contribution in [1.82, 2.24) is 0 Å². The van der Waals surface area contributed by atoms with Gasteiger partial charge in [0, 0.05) is 13.2 Å². The highest BCUT2D eigenvalue weighted by Crippen LogP contribution is 2.41. The van der Waals surface area contributed by atoms with Crippen LogP contribution in [0, 0.1) is 11.8 Å². The van der Waals surface area contributed by atoms with Crippen molar-refractivity contribution in [2.75, 3.05) is 70.1 Å². The van der Waals surface area contributed by atoms with Crippen molar-refractivity contribution in [3.8, 4) is 57.5 Å². The maximum Gasteiger partial charge on any atom is 0.343 e. The number of ether oxygens (including phenoxy) is 10. The van der Waals surface area contributed by atoms with Gasteiger partial charge in [-0.25, -0.2) is 9.59 Å². The average Bonchev–Trinajstić information content (AvgIpc) is 3.23. The molecule has 56 heavy (non-hydrogen) atoms. The van der Waals surface area contributed by atoms with Gasteiger partial charge in [0.2, 0.25) is 11.5 Å². The van der Waals surface area contributed by atoms with E-state index in [0.29, 0.717) is 71.7 Å². The fraction of sp³-hybridized carbons (Fsp3) is 0.381. The Hall–Kier alpha value is -5.86. The van der Waals surface area contributed by atoms with Crippen molar-refractivity contribution < 1.29 is 67.2 Å². The standard InChI is InChI=1S/C42H50O14/c1-47-33-18-25(11-13-31(33)55-41(45)28-20-35(49-3)39(53-7)36(21-28)50-4)16-27(10-9-15-43)30(24-44)17-26-12-14-32(34(19-26)48-2)56-42(46)29-22-37(51-5)40(54-8)38(23-29)52-6/h11-14,18-23,27,30,43-44H,9-10,15-17,24H2,1-8H3/t27-,30+/m1/s1. The fourth-order valence-electron chi connectivity index (χ4n) is 6.41. The Kier molecular flexibility index (Phi) is 15.9. The Morgan fingerprint density at radius 3 is 1.18 bits per heavy atom. The first-order valence-corrected chi connectivity index (χ1v) is 17.7. The van der Waals surface area contributed by atoms with Crippen LogP contribution in [0.1, 0.15) is 44.7 Å². The summed E-state index contributed by atoms with van der Waals surface area (Å²) in [5.74, 6) is 1.37. The van der Waals surface area contributed by atoms with Crippen LogP contribution < -0.4 is 47.4 Å². The minimum absolute atomic E-state index is 0.00633. The van der Waals surface area contributed by atoms with Crippen molar-refractivity contribution in [3.63, 3.8) is 0 Å². The second kappa shape index (κ2) is 20.7. The molecule has 0 saturated heterocycles. The van der Waals surface area contributed by atoms with Crippen molar-refractivity contribution in [2.24, 2.45) is 11.8 Å². The molecule has 0 heterocycles. The lowest BCUT2D eigenvalue weighted by Gasteiger charge is -2.26. The summed E-state index contributed by atoms with van der Waals surface area (Å²) in [6, 6.07) is 16.5. The summed E-state index contributed by atoms with van der Waals surface area (Å²) in [5, 5.41) is 20.4. The maximum atomic E-state index is 13.2. The molecular weight excluding hydrogens is 728 g/mol. The molecule has 4 rings (SSSR count). The van der Waals surface area contributed by atoms with Gasteiger partial charge in [-0.15, -0.1) is 0 Å². The van der Waals surface area contributed by atoms with E-state index in [1.54, 1.807) is 24.3 Å². The molecule has 2 N–H and O–H groups in total. The van der Waals surface area contributed by atoms with Crippen LogP contribution in [0.25, 0.3) is 0 Å². The monoisotopic (exact) mass is 778 g/mol. The van der Waals surface area contributed by atoms with Crippen LogP contribution in [0.4, 0.5) is 0 Å². The zero-order chi connectivity index (χ0) is 40.8. The molecule has 0 fully saturated rings. The molecule has 14 heteroatoms. The third-order valence-electron chi connectivity index (χ3n) is 9.29. The summed E-state index contributed by atoms with van der Waals surface area (Å²) in [6.07, 6.45) is 2.15. The van der Waals surface area contributed by atoms with E-state index in [1.165, 1.54) is 81.1 Å². The van der Waals surface area contributed by atoms with Crippen LogP contribution in [-0.4, -0.2) is 92.2 Å². The number of rotatable bonds is 21. The lowest BCUT2D eigenvalue weighted by atomic mass is 9.80. The van der Waals surface area contributed by atoms with Gasteiger partial charge in [-0.3, -0.25) is 0 Å². The van der Waals surface area contributed by atoms with E-state index in [2.05, 4.69) is 0 Å². The first kappa shape index (κ1) is 42.9. The normalized spacial score (nSPS) is 11.8. The van der Waals surface area contributed by atoms with Crippen LogP contribution in [0.3, 0.4) is 0 Å². The van der Waals surface area contributed by atoms with Gasteiger partial charge in [0.15, 0.2) is 46.0 Å². The number of hydrogen-bond acceptors (Lipinski definition) is 14. The Bertz CT molecular complexity index is 1890. The summed E-state index contributed by atoms with van der Waals surface area (Å²) in [5.41, 5.74) is 2.08. The number of aliphatic hydroxyl groups is 2. The van der Waals surface area contributed by atoms with E-state index in [-0.39, 0.29) is 47.7 Å². The predicted octanol–water partition coefficient (Wildman–Crippen LogP) is 5.98. The average molecular weight is 779 g/mol. The number of methoxy groups -OCH3 is 8. The Labute approximate surface area is 326 Å². The summed E-state index contributed by atoms with van der Waals surface area (Å²) >= 11 is 0. The van der Waals surface area contributed by atoms with Gasteiger partial charge in [0.1, 0.15) is 0 Å². The first-order valence-electron chi connectivity index (χ1n) is 17.7. The third-order valence-corrected chi connectivity index (χ3v) is 9.29. The van der Waals surface area contributed by atoms with E-state index in [9.17, 15) is 19.8 Å². The minimum atomic E-state index is -0.662. The van der Waals surface area contributed by atoms with Gasteiger partial charge < -0.3 is 57.6 Å². The SMILES string of the molecule is COc1cc(C[C@@H](CO)[C@H](CCCO)Cc2ccc(OC(=O)c3cc(OC)c(OC)c(OC)c3)c(OC)c2)ccc1OC(=O)c1cc(OC)c(OC)c(OC)c1. The van der Waals surface area contributed by atoms with E-state index in [0.717, 1.165) is 11.1 Å². The molecule has 14 nitrogen and oxygen atoms in total. The highest BCUT2D eigenvalue weighted by atomic mass is 16.6. The Morgan fingerprint density at radius 1 is 0.482 bits per heavy atom. The van der Waals surface area contributed by atoms with E-state index < -0.39 is 11.9 Å². The number of benzene rings is 4. The predicted molar refractivity (Wildman–Crippen MR) is 206 cm³/mol. The third kappa shape index (κ3) is 10.3. The highest BCUT2D eigenvalue weighted by Gasteiger charge is 2.25. The van der Waals surface area contributed by atoms with Gasteiger partial charge in [0.25, 0.3) is 0 Å². The molecule has 4 aromatic rings. The highest BCUT2D eigenvalue weighted by molar-refractivity contribution is 5.93. The van der Waals surface area contributed by atoms with Crippen LogP contribution >= 0.6 is 0 Å². The number of esters is 2. The minimum Gasteiger partial charge on any atom is -0.493 e. The second-order valence-corrected chi connectivity index (χ2v) is 12.6. The summed E-state index contributed by atoms with van der Waals surface area (Å²) in [7, 11) is 11.7. The van der Waals surface area contributed by atoms with Crippen LogP contribution in [0.15, 0.2) is 60.7 Å². The molecule has 0 aliphatic carbocycles. The fourth-order valence-corrected chi connectivity index (χ4v) is 6.41.